The van der Waals surface area contributed by atoms with Crippen molar-refractivity contribution in [2.45, 2.75) is 19.3 Å². The van der Waals surface area contributed by atoms with Crippen molar-refractivity contribution in [3.63, 3.8) is 0 Å². The first-order valence-electron chi connectivity index (χ1n) is 15.9. The van der Waals surface area contributed by atoms with E-state index in [-0.39, 0.29) is 5.41 Å². The van der Waals surface area contributed by atoms with Crippen molar-refractivity contribution < 1.29 is 4.42 Å². The summed E-state index contributed by atoms with van der Waals surface area (Å²) in [4.78, 5) is 2.48. The van der Waals surface area contributed by atoms with Crippen LogP contribution in [0, 0.1) is 0 Å². The van der Waals surface area contributed by atoms with Crippen LogP contribution >= 0.6 is 11.3 Å². The molecule has 3 heteroatoms. The Morgan fingerprint density at radius 2 is 1.28 bits per heavy atom. The summed E-state index contributed by atoms with van der Waals surface area (Å²) in [6.45, 7) is 4.70. The summed E-state index contributed by atoms with van der Waals surface area (Å²) < 4.78 is 9.08. The Kier molecular flexibility index (Phi) is 5.25. The van der Waals surface area contributed by atoms with Gasteiger partial charge in [-0.05, 0) is 63.9 Å². The van der Waals surface area contributed by atoms with E-state index in [1.54, 1.807) is 0 Å². The molecule has 0 atom stereocenters. The number of benzene rings is 7. The monoisotopic (exact) mass is 607 g/mol. The minimum atomic E-state index is -0.101. The lowest BCUT2D eigenvalue weighted by atomic mass is 9.82. The number of anilines is 3. The van der Waals surface area contributed by atoms with Gasteiger partial charge < -0.3 is 9.32 Å². The average Bonchev–Trinajstić information content (AvgIpc) is 3.73. The third-order valence-electron chi connectivity index (χ3n) is 10.1. The van der Waals surface area contributed by atoms with Gasteiger partial charge in [0, 0.05) is 53.7 Å². The van der Waals surface area contributed by atoms with Crippen molar-refractivity contribution in [2.75, 3.05) is 4.90 Å². The Balaban J connectivity index is 1.32. The highest BCUT2D eigenvalue weighted by atomic mass is 32.1. The second-order valence-electron chi connectivity index (χ2n) is 12.9. The molecule has 0 amide bonds. The summed E-state index contributed by atoms with van der Waals surface area (Å²) in [5.74, 6) is 0. The van der Waals surface area contributed by atoms with E-state index >= 15 is 0 Å². The van der Waals surface area contributed by atoms with Crippen molar-refractivity contribution in [3.05, 3.63) is 151 Å². The Bertz CT molecular complexity index is 2690. The molecule has 10 rings (SSSR count). The first-order valence-corrected chi connectivity index (χ1v) is 16.7. The van der Waals surface area contributed by atoms with Crippen molar-refractivity contribution in [2.24, 2.45) is 0 Å². The molecular weight excluding hydrogens is 579 g/mol. The molecule has 46 heavy (non-hydrogen) atoms. The lowest BCUT2D eigenvalue weighted by Crippen LogP contribution is -2.16. The Morgan fingerprint density at radius 1 is 0.565 bits per heavy atom. The van der Waals surface area contributed by atoms with E-state index in [9.17, 15) is 0 Å². The molecular formula is C43H29NOS. The van der Waals surface area contributed by atoms with Crippen LogP contribution in [0.25, 0.3) is 64.0 Å². The number of thiophene rings is 1. The van der Waals surface area contributed by atoms with Crippen molar-refractivity contribution in [1.29, 1.82) is 0 Å². The average molecular weight is 608 g/mol. The van der Waals surface area contributed by atoms with E-state index in [0.29, 0.717) is 0 Å². The molecule has 0 radical (unpaired) electrons. The fraction of sp³-hybridized carbons (Fsp3) is 0.0698. The van der Waals surface area contributed by atoms with Crippen LogP contribution in [0.5, 0.6) is 0 Å². The van der Waals surface area contributed by atoms with Gasteiger partial charge in [0.15, 0.2) is 0 Å². The van der Waals surface area contributed by atoms with Crippen LogP contribution in [-0.2, 0) is 5.41 Å². The number of nitrogens with zero attached hydrogens (tertiary/aromatic N) is 1. The number of furan rings is 1. The third-order valence-corrected chi connectivity index (χ3v) is 11.3. The summed E-state index contributed by atoms with van der Waals surface area (Å²) in [5, 5.41) is 7.42. The fourth-order valence-electron chi connectivity index (χ4n) is 7.90. The number of para-hydroxylation sites is 1. The first kappa shape index (κ1) is 25.9. The predicted molar refractivity (Wildman–Crippen MR) is 196 cm³/mol. The van der Waals surface area contributed by atoms with Crippen LogP contribution < -0.4 is 4.90 Å². The quantitative estimate of drug-likeness (QED) is 0.199. The highest BCUT2D eigenvalue weighted by molar-refractivity contribution is 7.26. The summed E-state index contributed by atoms with van der Waals surface area (Å²) >= 11 is 1.89. The van der Waals surface area contributed by atoms with Crippen molar-refractivity contribution in [3.8, 4) is 11.1 Å². The standard InChI is InChI=1S/C43H29NOS/c1-43(2)33-15-7-5-14-31(33)40-34(43)16-9-17-35(40)44(27-22-24-30-29-13-6-8-19-37(29)45-38(30)25-27)36-18-10-20-39-41(36)32-23-21-26-11-3-4-12-28(26)42(32)46-39/h3-25H,1-2H3. The van der Waals surface area contributed by atoms with Gasteiger partial charge in [-0.25, -0.2) is 0 Å². The van der Waals surface area contributed by atoms with Crippen molar-refractivity contribution >= 4 is 81.3 Å². The second-order valence-corrected chi connectivity index (χ2v) is 14.0. The van der Waals surface area contributed by atoms with Gasteiger partial charge in [-0.1, -0.05) is 111 Å². The lowest BCUT2D eigenvalue weighted by molar-refractivity contribution is 0.660. The molecule has 0 fully saturated rings. The highest BCUT2D eigenvalue weighted by Crippen LogP contribution is 2.55. The largest absolute Gasteiger partial charge is 0.456 e. The zero-order valence-electron chi connectivity index (χ0n) is 25.5. The molecule has 2 nitrogen and oxygen atoms in total. The van der Waals surface area contributed by atoms with E-state index in [1.165, 1.54) is 64.6 Å². The number of fused-ring (bicyclic) bond motifs is 11. The van der Waals surface area contributed by atoms with Gasteiger partial charge in [0.05, 0.1) is 11.4 Å². The zero-order chi connectivity index (χ0) is 30.6. The molecule has 2 aromatic heterocycles. The molecule has 0 saturated heterocycles. The molecule has 0 bridgehead atoms. The number of rotatable bonds is 3. The number of hydrogen-bond donors (Lipinski definition) is 0. The zero-order valence-corrected chi connectivity index (χ0v) is 26.4. The molecule has 0 saturated carbocycles. The SMILES string of the molecule is CC1(C)c2ccccc2-c2c(N(c3ccc4c(c3)oc3ccccc34)c3cccc4sc5c6ccccc6ccc5c34)cccc21. The molecule has 1 aliphatic carbocycles. The van der Waals surface area contributed by atoms with Gasteiger partial charge in [-0.3, -0.25) is 0 Å². The van der Waals surface area contributed by atoms with Crippen molar-refractivity contribution in [1.82, 2.24) is 0 Å². The Hall–Kier alpha value is -5.38. The Morgan fingerprint density at radius 3 is 2.22 bits per heavy atom. The highest BCUT2D eigenvalue weighted by Gasteiger charge is 2.38. The normalized spacial score (nSPS) is 13.6. The lowest BCUT2D eigenvalue weighted by Gasteiger charge is -2.29. The first-order chi connectivity index (χ1) is 22.6. The van der Waals surface area contributed by atoms with Crippen LogP contribution in [0.1, 0.15) is 25.0 Å². The van der Waals surface area contributed by atoms with Gasteiger partial charge in [0.1, 0.15) is 11.2 Å². The maximum absolute atomic E-state index is 6.46. The molecule has 218 valence electrons. The van der Waals surface area contributed by atoms with E-state index in [2.05, 4.69) is 152 Å². The molecule has 1 aliphatic rings. The van der Waals surface area contributed by atoms with Crippen LogP contribution in [0.15, 0.2) is 144 Å². The minimum Gasteiger partial charge on any atom is -0.456 e. The minimum absolute atomic E-state index is 0.101. The van der Waals surface area contributed by atoms with Gasteiger partial charge in [-0.2, -0.15) is 0 Å². The van der Waals surface area contributed by atoms with Gasteiger partial charge in [0.2, 0.25) is 0 Å². The maximum Gasteiger partial charge on any atom is 0.137 e. The molecule has 0 unspecified atom stereocenters. The van der Waals surface area contributed by atoms with Gasteiger partial charge in [-0.15, -0.1) is 11.3 Å². The summed E-state index contributed by atoms with van der Waals surface area (Å²) in [6, 6.07) is 50.9. The number of hydrogen-bond acceptors (Lipinski definition) is 3. The molecule has 0 aliphatic heterocycles. The summed E-state index contributed by atoms with van der Waals surface area (Å²) in [7, 11) is 0. The smallest absolute Gasteiger partial charge is 0.137 e. The summed E-state index contributed by atoms with van der Waals surface area (Å²) in [5.41, 5.74) is 10.5. The van der Waals surface area contributed by atoms with E-state index in [1.807, 2.05) is 17.4 Å². The van der Waals surface area contributed by atoms with Crippen LogP contribution in [0.3, 0.4) is 0 Å². The van der Waals surface area contributed by atoms with E-state index in [0.717, 1.165) is 27.6 Å². The summed E-state index contributed by atoms with van der Waals surface area (Å²) in [6.07, 6.45) is 0. The predicted octanol–water partition coefficient (Wildman–Crippen LogP) is 12.9. The molecule has 7 aromatic carbocycles. The Labute approximate surface area is 270 Å². The molecule has 0 spiro atoms. The second kappa shape index (κ2) is 9.32. The molecule has 0 N–H and O–H groups in total. The van der Waals surface area contributed by atoms with Gasteiger partial charge in [0.25, 0.3) is 0 Å². The topological polar surface area (TPSA) is 16.4 Å². The molecule has 2 heterocycles. The van der Waals surface area contributed by atoms with E-state index < -0.39 is 0 Å². The third kappa shape index (κ3) is 3.46. The fourth-order valence-corrected chi connectivity index (χ4v) is 9.16. The van der Waals surface area contributed by atoms with Gasteiger partial charge >= 0.3 is 0 Å². The maximum atomic E-state index is 6.46. The van der Waals surface area contributed by atoms with E-state index in [4.69, 9.17) is 4.42 Å². The molecule has 9 aromatic rings. The van der Waals surface area contributed by atoms with Crippen LogP contribution in [0.4, 0.5) is 17.1 Å². The van der Waals surface area contributed by atoms with Crippen LogP contribution in [-0.4, -0.2) is 0 Å². The van der Waals surface area contributed by atoms with Crippen LogP contribution in [0.2, 0.25) is 0 Å².